The molecule has 5 nitrogen and oxygen atoms in total. The Hall–Kier alpha value is -2.40. The van der Waals surface area contributed by atoms with Gasteiger partial charge in [-0.15, -0.1) is 0 Å². The standard InChI is InChI=1S/C55H98O5/c1-4-7-10-13-16-19-22-25-27-28-29-31-33-36-39-42-45-48-54(56)59-52-53(51-58-50-47-44-41-38-35-32-26-23-20-17-14-11-8-5-2)60-55(57)49-46-43-40-37-34-30-24-21-18-15-12-9-6-3/h11-12,14-15,20-21,23-25,27,53H,4-10,13,16-19,22,26,28-52H2,1-3H3/b14-11-,15-12-,23-20-,24-21-,27-25-. The summed E-state index contributed by atoms with van der Waals surface area (Å²) in [5, 5.41) is 0. The number of carbonyl (C=O) groups is 2. The number of esters is 2. The van der Waals surface area contributed by atoms with Crippen LogP contribution < -0.4 is 0 Å². The molecular weight excluding hydrogens is 741 g/mol. The third-order valence-corrected chi connectivity index (χ3v) is 11.0. The third-order valence-electron chi connectivity index (χ3n) is 11.0. The lowest BCUT2D eigenvalue weighted by molar-refractivity contribution is -0.163. The minimum Gasteiger partial charge on any atom is -0.462 e. The number of allylic oxidation sites excluding steroid dienone is 10. The van der Waals surface area contributed by atoms with Crippen molar-refractivity contribution in [3.8, 4) is 0 Å². The van der Waals surface area contributed by atoms with Crippen molar-refractivity contribution in [3.05, 3.63) is 60.8 Å². The number of rotatable bonds is 47. The van der Waals surface area contributed by atoms with E-state index in [2.05, 4.69) is 81.5 Å². The Labute approximate surface area is 373 Å². The normalized spacial score (nSPS) is 12.7. The highest BCUT2D eigenvalue weighted by Gasteiger charge is 2.17. The van der Waals surface area contributed by atoms with Crippen LogP contribution >= 0.6 is 0 Å². The van der Waals surface area contributed by atoms with E-state index in [-0.39, 0.29) is 25.2 Å². The van der Waals surface area contributed by atoms with E-state index in [4.69, 9.17) is 14.2 Å². The van der Waals surface area contributed by atoms with Crippen LogP contribution in [0.3, 0.4) is 0 Å². The van der Waals surface area contributed by atoms with Gasteiger partial charge >= 0.3 is 11.9 Å². The summed E-state index contributed by atoms with van der Waals surface area (Å²) in [4.78, 5) is 25.4. The predicted molar refractivity (Wildman–Crippen MR) is 261 cm³/mol. The van der Waals surface area contributed by atoms with E-state index in [0.29, 0.717) is 19.4 Å². The van der Waals surface area contributed by atoms with Crippen LogP contribution in [0.15, 0.2) is 60.8 Å². The summed E-state index contributed by atoms with van der Waals surface area (Å²) in [6.45, 7) is 7.67. The third kappa shape index (κ3) is 48.3. The molecule has 0 aliphatic carbocycles. The maximum absolute atomic E-state index is 12.8. The zero-order chi connectivity index (χ0) is 43.5. The molecule has 0 aromatic carbocycles. The summed E-state index contributed by atoms with van der Waals surface area (Å²) in [5.41, 5.74) is 0. The van der Waals surface area contributed by atoms with Gasteiger partial charge in [0.1, 0.15) is 6.61 Å². The molecule has 60 heavy (non-hydrogen) atoms. The molecule has 0 heterocycles. The summed E-state index contributed by atoms with van der Waals surface area (Å²) in [7, 11) is 0. The Morgan fingerprint density at radius 3 is 1.18 bits per heavy atom. The number of ether oxygens (including phenoxy) is 3. The fourth-order valence-electron chi connectivity index (χ4n) is 7.11. The topological polar surface area (TPSA) is 61.8 Å². The molecule has 0 aromatic heterocycles. The molecule has 0 aliphatic rings. The molecule has 0 rings (SSSR count). The van der Waals surface area contributed by atoms with Crippen LogP contribution in [0.25, 0.3) is 0 Å². The SMILES string of the molecule is CCC/C=C\C/C=C\CCCCCCCCOCC(COC(=O)CCCCCCCCC/C=C\CCCCCCCC)OC(=O)CCCCCCC/C=C\C/C=C\CCC. The number of hydrogen-bond donors (Lipinski definition) is 0. The van der Waals surface area contributed by atoms with Crippen molar-refractivity contribution in [1.82, 2.24) is 0 Å². The van der Waals surface area contributed by atoms with Crippen LogP contribution in [-0.2, 0) is 23.8 Å². The van der Waals surface area contributed by atoms with Crippen molar-refractivity contribution in [1.29, 1.82) is 0 Å². The van der Waals surface area contributed by atoms with Gasteiger partial charge in [0.15, 0.2) is 6.10 Å². The molecule has 0 bridgehead atoms. The largest absolute Gasteiger partial charge is 0.462 e. The Balaban J connectivity index is 4.28. The average Bonchev–Trinajstić information content (AvgIpc) is 3.25. The van der Waals surface area contributed by atoms with Crippen molar-refractivity contribution >= 4 is 11.9 Å². The molecule has 0 aromatic rings. The molecule has 0 radical (unpaired) electrons. The minimum atomic E-state index is -0.550. The second-order valence-corrected chi connectivity index (χ2v) is 17.1. The van der Waals surface area contributed by atoms with Gasteiger partial charge in [0.2, 0.25) is 0 Å². The van der Waals surface area contributed by atoms with E-state index < -0.39 is 6.10 Å². The highest BCUT2D eigenvalue weighted by atomic mass is 16.6. The maximum Gasteiger partial charge on any atom is 0.306 e. The Morgan fingerprint density at radius 2 is 0.733 bits per heavy atom. The molecule has 348 valence electrons. The lowest BCUT2D eigenvalue weighted by Crippen LogP contribution is -2.30. The fraction of sp³-hybridized carbons (Fsp3) is 0.782. The van der Waals surface area contributed by atoms with Gasteiger partial charge in [0, 0.05) is 19.4 Å². The smallest absolute Gasteiger partial charge is 0.306 e. The second-order valence-electron chi connectivity index (χ2n) is 17.1. The summed E-state index contributed by atoms with van der Waals surface area (Å²) >= 11 is 0. The average molecular weight is 839 g/mol. The van der Waals surface area contributed by atoms with Crippen molar-refractivity contribution in [2.45, 2.75) is 258 Å². The highest BCUT2D eigenvalue weighted by Crippen LogP contribution is 2.14. The van der Waals surface area contributed by atoms with Gasteiger partial charge in [-0.1, -0.05) is 204 Å². The van der Waals surface area contributed by atoms with Crippen LogP contribution in [0.4, 0.5) is 0 Å². The Bertz CT molecular complexity index is 1040. The summed E-state index contributed by atoms with van der Waals surface area (Å²) in [5.74, 6) is -0.420. The molecule has 0 fully saturated rings. The van der Waals surface area contributed by atoms with Crippen molar-refractivity contribution in [2.24, 2.45) is 0 Å². The highest BCUT2D eigenvalue weighted by molar-refractivity contribution is 5.70. The van der Waals surface area contributed by atoms with Crippen LogP contribution in [0, 0.1) is 0 Å². The molecule has 0 spiro atoms. The van der Waals surface area contributed by atoms with Crippen molar-refractivity contribution in [3.63, 3.8) is 0 Å². The van der Waals surface area contributed by atoms with Gasteiger partial charge in [-0.3, -0.25) is 9.59 Å². The van der Waals surface area contributed by atoms with Crippen LogP contribution in [-0.4, -0.2) is 37.9 Å². The lowest BCUT2D eigenvalue weighted by atomic mass is 10.1. The summed E-state index contributed by atoms with van der Waals surface area (Å²) in [6.07, 6.45) is 63.7. The van der Waals surface area contributed by atoms with Gasteiger partial charge < -0.3 is 14.2 Å². The maximum atomic E-state index is 12.8. The van der Waals surface area contributed by atoms with Gasteiger partial charge in [-0.05, 0) is 96.3 Å². The van der Waals surface area contributed by atoms with Gasteiger partial charge in [-0.2, -0.15) is 0 Å². The first-order valence-electron chi connectivity index (χ1n) is 25.8. The van der Waals surface area contributed by atoms with Crippen LogP contribution in [0.5, 0.6) is 0 Å². The van der Waals surface area contributed by atoms with Gasteiger partial charge in [0.05, 0.1) is 6.61 Å². The second kappa shape index (κ2) is 51.0. The van der Waals surface area contributed by atoms with Gasteiger partial charge in [0.25, 0.3) is 0 Å². The fourth-order valence-corrected chi connectivity index (χ4v) is 7.11. The Morgan fingerprint density at radius 1 is 0.367 bits per heavy atom. The zero-order valence-electron chi connectivity index (χ0n) is 40.0. The quantitative estimate of drug-likeness (QED) is 0.0347. The molecule has 0 saturated heterocycles. The molecule has 1 unspecified atom stereocenters. The molecule has 5 heteroatoms. The predicted octanol–water partition coefficient (Wildman–Crippen LogP) is 17.3. The molecule has 0 N–H and O–H groups in total. The summed E-state index contributed by atoms with van der Waals surface area (Å²) < 4.78 is 17.4. The first-order chi connectivity index (χ1) is 29.6. The van der Waals surface area contributed by atoms with Crippen molar-refractivity contribution in [2.75, 3.05) is 19.8 Å². The lowest BCUT2D eigenvalue weighted by Gasteiger charge is -2.18. The first-order valence-corrected chi connectivity index (χ1v) is 25.8. The Kier molecular flexibility index (Phi) is 48.9. The van der Waals surface area contributed by atoms with E-state index >= 15 is 0 Å². The number of unbranched alkanes of at least 4 members (excludes halogenated alkanes) is 26. The van der Waals surface area contributed by atoms with Gasteiger partial charge in [-0.25, -0.2) is 0 Å². The summed E-state index contributed by atoms with van der Waals surface area (Å²) in [6, 6.07) is 0. The molecule has 1 atom stereocenters. The molecule has 0 amide bonds. The van der Waals surface area contributed by atoms with Crippen LogP contribution in [0.1, 0.15) is 252 Å². The van der Waals surface area contributed by atoms with E-state index in [9.17, 15) is 9.59 Å². The molecule has 0 saturated carbocycles. The van der Waals surface area contributed by atoms with E-state index in [1.54, 1.807) is 0 Å². The van der Waals surface area contributed by atoms with Crippen molar-refractivity contribution < 1.29 is 23.8 Å². The molecule has 0 aliphatic heterocycles. The molecular formula is C55H98O5. The van der Waals surface area contributed by atoms with E-state index in [1.165, 1.54) is 148 Å². The zero-order valence-corrected chi connectivity index (χ0v) is 40.0. The minimum absolute atomic E-state index is 0.0728. The van der Waals surface area contributed by atoms with Crippen LogP contribution in [0.2, 0.25) is 0 Å². The monoisotopic (exact) mass is 839 g/mol. The van der Waals surface area contributed by atoms with E-state index in [0.717, 1.165) is 70.6 Å². The number of carbonyl (C=O) groups excluding carboxylic acids is 2. The number of hydrogen-bond acceptors (Lipinski definition) is 5. The van der Waals surface area contributed by atoms with E-state index in [1.807, 2.05) is 0 Å². The first kappa shape index (κ1) is 57.6.